The van der Waals surface area contributed by atoms with Crippen molar-refractivity contribution in [2.75, 3.05) is 0 Å². The highest BCUT2D eigenvalue weighted by Gasteiger charge is 2.06. The van der Waals surface area contributed by atoms with Crippen LogP contribution >= 0.6 is 0 Å². The molecule has 0 aliphatic carbocycles. The first-order chi connectivity index (χ1) is 10.4. The number of nitriles is 1. The zero-order valence-corrected chi connectivity index (χ0v) is 11.3. The van der Waals surface area contributed by atoms with Gasteiger partial charge in [-0.15, -0.1) is 0 Å². The van der Waals surface area contributed by atoms with Gasteiger partial charge in [-0.3, -0.25) is 4.98 Å². The van der Waals surface area contributed by atoms with Crippen molar-refractivity contribution in [3.05, 3.63) is 66.9 Å². The SMILES string of the molecule is C#N.c1ccc(-c2cc3ccc4ccccc4c3[nH]2)nc1. The molecule has 0 fully saturated rings. The molecule has 0 atom stereocenters. The number of fused-ring (bicyclic) bond motifs is 3. The van der Waals surface area contributed by atoms with Crippen molar-refractivity contribution in [2.45, 2.75) is 0 Å². The van der Waals surface area contributed by atoms with Crippen molar-refractivity contribution < 1.29 is 0 Å². The number of nitrogens with one attached hydrogen (secondary N) is 1. The minimum atomic E-state index is 0.975. The van der Waals surface area contributed by atoms with Gasteiger partial charge in [-0.25, -0.2) is 5.26 Å². The number of benzene rings is 2. The summed E-state index contributed by atoms with van der Waals surface area (Å²) in [6, 6.07) is 20.9. The number of aromatic amines is 1. The third kappa shape index (κ3) is 2.24. The number of rotatable bonds is 1. The summed E-state index contributed by atoms with van der Waals surface area (Å²) in [5.74, 6) is 0. The first kappa shape index (κ1) is 12.9. The molecule has 0 spiro atoms. The topological polar surface area (TPSA) is 52.5 Å². The Labute approximate surface area is 122 Å². The first-order valence-corrected chi connectivity index (χ1v) is 6.59. The Morgan fingerprint density at radius 1 is 0.857 bits per heavy atom. The summed E-state index contributed by atoms with van der Waals surface area (Å²) in [5, 5.41) is 10.2. The molecular formula is C18H13N3. The fraction of sp³-hybridized carbons (Fsp3) is 0. The predicted octanol–water partition coefficient (Wildman–Crippen LogP) is 4.52. The minimum absolute atomic E-state index is 0.975. The van der Waals surface area contributed by atoms with Gasteiger partial charge in [0.15, 0.2) is 0 Å². The highest BCUT2D eigenvalue weighted by molar-refractivity contribution is 6.06. The lowest BCUT2D eigenvalue weighted by Crippen LogP contribution is -1.80. The molecule has 0 amide bonds. The average Bonchev–Trinajstić information content (AvgIpc) is 3.02. The highest BCUT2D eigenvalue weighted by atomic mass is 14.8. The molecule has 0 unspecified atom stereocenters. The van der Waals surface area contributed by atoms with Crippen LogP contribution in [0.4, 0.5) is 0 Å². The first-order valence-electron chi connectivity index (χ1n) is 6.59. The van der Waals surface area contributed by atoms with Crippen LogP contribution in [0.15, 0.2) is 66.9 Å². The van der Waals surface area contributed by atoms with E-state index in [4.69, 9.17) is 5.26 Å². The molecule has 2 aromatic heterocycles. The number of nitrogens with zero attached hydrogens (tertiary/aromatic N) is 2. The lowest BCUT2D eigenvalue weighted by molar-refractivity contribution is 1.29. The smallest absolute Gasteiger partial charge is 0.0864 e. The van der Waals surface area contributed by atoms with E-state index in [0.29, 0.717) is 0 Å². The van der Waals surface area contributed by atoms with Gasteiger partial charge in [0.05, 0.1) is 16.9 Å². The predicted molar refractivity (Wildman–Crippen MR) is 85.7 cm³/mol. The largest absolute Gasteiger partial charge is 0.353 e. The second-order valence-electron chi connectivity index (χ2n) is 4.65. The standard InChI is InChI=1S/C17H12N2.CHN/c1-2-6-14-12(5-1)8-9-13-11-16(19-17(13)14)15-7-3-4-10-18-15;1-2/h1-11,19H;1H. The molecule has 0 aliphatic rings. The van der Waals surface area contributed by atoms with E-state index in [0.717, 1.165) is 11.4 Å². The van der Waals surface area contributed by atoms with E-state index < -0.39 is 0 Å². The van der Waals surface area contributed by atoms with Crippen LogP contribution in [0, 0.1) is 11.8 Å². The van der Waals surface area contributed by atoms with E-state index in [2.05, 4.69) is 59.0 Å². The van der Waals surface area contributed by atoms with Gasteiger partial charge in [0, 0.05) is 23.5 Å². The molecule has 21 heavy (non-hydrogen) atoms. The van der Waals surface area contributed by atoms with E-state index >= 15 is 0 Å². The molecule has 0 saturated carbocycles. The summed E-state index contributed by atoms with van der Waals surface area (Å²) in [4.78, 5) is 7.89. The number of hydrogen-bond donors (Lipinski definition) is 1. The number of hydrogen-bond acceptors (Lipinski definition) is 2. The Hall–Kier alpha value is -3.12. The monoisotopic (exact) mass is 271 g/mol. The molecule has 0 saturated heterocycles. The minimum Gasteiger partial charge on any atom is -0.353 e. The molecule has 2 heterocycles. The number of H-pyrrole nitrogens is 1. The van der Waals surface area contributed by atoms with E-state index in [-0.39, 0.29) is 0 Å². The van der Waals surface area contributed by atoms with Crippen LogP contribution in [0.2, 0.25) is 0 Å². The molecule has 0 bridgehead atoms. The third-order valence-corrected chi connectivity index (χ3v) is 3.46. The lowest BCUT2D eigenvalue weighted by atomic mass is 10.1. The van der Waals surface area contributed by atoms with Crippen molar-refractivity contribution in [3.63, 3.8) is 0 Å². The maximum atomic E-state index is 6.50. The quantitative estimate of drug-likeness (QED) is 0.553. The van der Waals surface area contributed by atoms with Crippen molar-refractivity contribution in [1.29, 1.82) is 5.26 Å². The Morgan fingerprint density at radius 2 is 1.62 bits per heavy atom. The van der Waals surface area contributed by atoms with Crippen LogP contribution in [0.1, 0.15) is 0 Å². The highest BCUT2D eigenvalue weighted by Crippen LogP contribution is 2.28. The second-order valence-corrected chi connectivity index (χ2v) is 4.65. The van der Waals surface area contributed by atoms with Crippen LogP contribution in [0.3, 0.4) is 0 Å². The molecule has 2 aromatic carbocycles. The summed E-state index contributed by atoms with van der Waals surface area (Å²) >= 11 is 0. The van der Waals surface area contributed by atoms with E-state index in [1.165, 1.54) is 21.7 Å². The molecule has 4 rings (SSSR count). The van der Waals surface area contributed by atoms with Gasteiger partial charge in [-0.1, -0.05) is 42.5 Å². The van der Waals surface area contributed by atoms with E-state index in [1.54, 1.807) is 0 Å². The van der Waals surface area contributed by atoms with Crippen molar-refractivity contribution in [3.8, 4) is 18.0 Å². The molecule has 0 radical (unpaired) electrons. The van der Waals surface area contributed by atoms with Gasteiger partial charge in [-0.2, -0.15) is 0 Å². The van der Waals surface area contributed by atoms with Gasteiger partial charge in [0.2, 0.25) is 0 Å². The fourth-order valence-electron chi connectivity index (χ4n) is 2.53. The molecular weight excluding hydrogens is 258 g/mol. The second kappa shape index (κ2) is 5.48. The average molecular weight is 271 g/mol. The summed E-state index contributed by atoms with van der Waals surface area (Å²) in [6.45, 7) is 3.50. The summed E-state index contributed by atoms with van der Waals surface area (Å²) in [6.07, 6.45) is 1.82. The Bertz CT molecular complexity index is 905. The van der Waals surface area contributed by atoms with Gasteiger partial charge in [-0.05, 0) is 23.6 Å². The molecule has 100 valence electrons. The maximum absolute atomic E-state index is 6.50. The Balaban J connectivity index is 0.000000636. The van der Waals surface area contributed by atoms with Gasteiger partial charge in [0.1, 0.15) is 0 Å². The molecule has 3 heteroatoms. The Morgan fingerprint density at radius 3 is 2.43 bits per heavy atom. The Kier molecular flexibility index (Phi) is 3.36. The summed E-state index contributed by atoms with van der Waals surface area (Å²) in [5.41, 5.74) is 3.22. The number of aromatic nitrogens is 2. The molecule has 4 aromatic rings. The van der Waals surface area contributed by atoms with Crippen molar-refractivity contribution in [1.82, 2.24) is 9.97 Å². The van der Waals surface area contributed by atoms with E-state index in [9.17, 15) is 0 Å². The van der Waals surface area contributed by atoms with Crippen LogP contribution in [-0.2, 0) is 0 Å². The van der Waals surface area contributed by atoms with Gasteiger partial charge in [0.25, 0.3) is 0 Å². The summed E-state index contributed by atoms with van der Waals surface area (Å²) < 4.78 is 0. The maximum Gasteiger partial charge on any atom is 0.0864 e. The fourth-order valence-corrected chi connectivity index (χ4v) is 2.53. The van der Waals surface area contributed by atoms with Crippen molar-refractivity contribution in [2.24, 2.45) is 0 Å². The van der Waals surface area contributed by atoms with Crippen molar-refractivity contribution >= 4 is 21.7 Å². The van der Waals surface area contributed by atoms with Crippen LogP contribution in [0.25, 0.3) is 33.1 Å². The van der Waals surface area contributed by atoms with E-state index in [1.807, 2.05) is 24.4 Å². The lowest BCUT2D eigenvalue weighted by Gasteiger charge is -1.98. The van der Waals surface area contributed by atoms with Gasteiger partial charge < -0.3 is 4.98 Å². The normalized spacial score (nSPS) is 10.2. The molecule has 1 N–H and O–H groups in total. The summed E-state index contributed by atoms with van der Waals surface area (Å²) in [7, 11) is 0. The van der Waals surface area contributed by atoms with Gasteiger partial charge >= 0.3 is 0 Å². The third-order valence-electron chi connectivity index (χ3n) is 3.46. The van der Waals surface area contributed by atoms with Crippen LogP contribution in [0.5, 0.6) is 0 Å². The molecule has 0 aliphatic heterocycles. The zero-order chi connectivity index (χ0) is 14.7. The van der Waals surface area contributed by atoms with Crippen LogP contribution in [-0.4, -0.2) is 9.97 Å². The number of pyridine rings is 1. The zero-order valence-electron chi connectivity index (χ0n) is 11.3. The van der Waals surface area contributed by atoms with Crippen LogP contribution < -0.4 is 0 Å². The molecule has 3 nitrogen and oxygen atoms in total.